The van der Waals surface area contributed by atoms with E-state index in [2.05, 4.69) is 34.5 Å². The maximum Gasteiger partial charge on any atom is 0.230 e. The predicted molar refractivity (Wildman–Crippen MR) is 137 cm³/mol. The third kappa shape index (κ3) is 4.59. The Kier molecular flexibility index (Phi) is 6.30. The average molecular weight is 500 g/mol. The topological polar surface area (TPSA) is 32.3 Å². The highest BCUT2D eigenvalue weighted by Gasteiger charge is 2.51. The lowest BCUT2D eigenvalue weighted by molar-refractivity contribution is -0.124. The molecule has 2 unspecified atom stereocenters. The van der Waals surface area contributed by atoms with Crippen molar-refractivity contribution in [3.63, 3.8) is 0 Å². The molecule has 3 aromatic rings. The van der Waals surface area contributed by atoms with E-state index in [-0.39, 0.29) is 23.4 Å². The fourth-order valence-corrected chi connectivity index (χ4v) is 5.60. The van der Waals surface area contributed by atoms with Crippen LogP contribution >= 0.6 is 34.8 Å². The Balaban J connectivity index is 1.39. The van der Waals surface area contributed by atoms with Crippen molar-refractivity contribution in [2.45, 2.75) is 43.2 Å². The highest BCUT2D eigenvalue weighted by Crippen LogP contribution is 2.49. The molecule has 3 nitrogen and oxygen atoms in total. The third-order valence-corrected chi connectivity index (χ3v) is 7.71. The largest absolute Gasteiger partial charge is 0.363 e. The second kappa shape index (κ2) is 9.21. The van der Waals surface area contributed by atoms with Crippen LogP contribution in [0.3, 0.4) is 0 Å². The first-order chi connectivity index (χ1) is 16.0. The fraction of sp³-hybridized carbons (Fsp3) is 0.296. The number of hydrogen-bond donors (Lipinski definition) is 1. The van der Waals surface area contributed by atoms with Crippen molar-refractivity contribution in [3.8, 4) is 0 Å². The Morgan fingerprint density at radius 3 is 2.27 bits per heavy atom. The number of halogens is 3. The van der Waals surface area contributed by atoms with Crippen molar-refractivity contribution in [2.24, 2.45) is 0 Å². The van der Waals surface area contributed by atoms with Crippen LogP contribution in [0.4, 0.5) is 5.69 Å². The zero-order valence-electron chi connectivity index (χ0n) is 18.1. The van der Waals surface area contributed by atoms with Crippen molar-refractivity contribution in [3.05, 3.63) is 99.0 Å². The van der Waals surface area contributed by atoms with Crippen LogP contribution in [0.2, 0.25) is 15.1 Å². The van der Waals surface area contributed by atoms with E-state index in [1.54, 1.807) is 6.07 Å². The highest BCUT2D eigenvalue weighted by atomic mass is 35.5. The molecule has 2 atom stereocenters. The van der Waals surface area contributed by atoms with Gasteiger partial charge in [0.15, 0.2) is 0 Å². The quantitative estimate of drug-likeness (QED) is 0.402. The molecule has 0 radical (unpaired) electrons. The van der Waals surface area contributed by atoms with E-state index >= 15 is 0 Å². The number of carbonyl (C=O) groups excluding carboxylic acids is 1. The second-order valence-corrected chi connectivity index (χ2v) is 10.3. The van der Waals surface area contributed by atoms with E-state index in [0.29, 0.717) is 15.1 Å². The maximum absolute atomic E-state index is 13.3. The summed E-state index contributed by atoms with van der Waals surface area (Å²) >= 11 is 18.9. The van der Waals surface area contributed by atoms with Crippen LogP contribution in [-0.2, 0) is 10.2 Å². The van der Waals surface area contributed by atoms with Gasteiger partial charge in [0.25, 0.3) is 0 Å². The van der Waals surface area contributed by atoms with Crippen LogP contribution < -0.4 is 10.2 Å². The Labute approximate surface area is 209 Å². The van der Waals surface area contributed by atoms with Crippen LogP contribution in [-0.4, -0.2) is 18.5 Å². The Bertz CT molecular complexity index is 1150. The third-order valence-electron chi connectivity index (χ3n) is 6.92. The van der Waals surface area contributed by atoms with E-state index in [4.69, 9.17) is 34.8 Å². The van der Waals surface area contributed by atoms with Crippen molar-refractivity contribution in [1.29, 1.82) is 0 Å². The van der Waals surface area contributed by atoms with Crippen LogP contribution in [0.1, 0.15) is 42.9 Å². The summed E-state index contributed by atoms with van der Waals surface area (Å²) in [6, 6.07) is 23.8. The summed E-state index contributed by atoms with van der Waals surface area (Å²) < 4.78 is 0. The number of carbonyl (C=O) groups is 1. The molecule has 0 spiro atoms. The minimum Gasteiger partial charge on any atom is -0.363 e. The molecule has 1 N–H and O–H groups in total. The molecule has 33 heavy (non-hydrogen) atoms. The summed E-state index contributed by atoms with van der Waals surface area (Å²) in [6.45, 7) is 0.776. The molecule has 170 valence electrons. The number of piperidine rings is 1. The van der Waals surface area contributed by atoms with E-state index in [0.717, 1.165) is 49.0 Å². The summed E-state index contributed by atoms with van der Waals surface area (Å²) in [6.07, 6.45) is 3.45. The number of nitrogens with zero attached hydrogens (tertiary/aromatic N) is 1. The summed E-state index contributed by atoms with van der Waals surface area (Å²) in [5.41, 5.74) is 2.85. The SMILES string of the molecule is O=C(NC1CCN(c2ccc(Cl)cc2Cl)C(c2ccc(Cl)cc2)C1)C1(c2ccccc2)CC1. The minimum atomic E-state index is -0.367. The second-order valence-electron chi connectivity index (χ2n) is 9.00. The van der Waals surface area contributed by atoms with Gasteiger partial charge < -0.3 is 10.2 Å². The van der Waals surface area contributed by atoms with Gasteiger partial charge in [-0.25, -0.2) is 0 Å². The van der Waals surface area contributed by atoms with Gasteiger partial charge in [-0.15, -0.1) is 0 Å². The van der Waals surface area contributed by atoms with Crippen LogP contribution in [0.25, 0.3) is 0 Å². The minimum absolute atomic E-state index is 0.0619. The van der Waals surface area contributed by atoms with Crippen molar-refractivity contribution < 1.29 is 4.79 Å². The van der Waals surface area contributed by atoms with Crippen molar-refractivity contribution in [2.75, 3.05) is 11.4 Å². The molecule has 1 aliphatic carbocycles. The van der Waals surface area contributed by atoms with E-state index < -0.39 is 0 Å². The van der Waals surface area contributed by atoms with E-state index in [1.165, 1.54) is 0 Å². The normalized spacial score (nSPS) is 21.5. The molecule has 3 aromatic carbocycles. The Morgan fingerprint density at radius 1 is 0.909 bits per heavy atom. The Hall–Kier alpha value is -2.20. The molecule has 1 aliphatic heterocycles. The fourth-order valence-electron chi connectivity index (χ4n) is 4.95. The molecule has 1 heterocycles. The molecule has 0 bridgehead atoms. The Morgan fingerprint density at radius 2 is 1.61 bits per heavy atom. The lowest BCUT2D eigenvalue weighted by Crippen LogP contribution is -2.49. The number of benzene rings is 3. The lowest BCUT2D eigenvalue weighted by Gasteiger charge is -2.42. The van der Waals surface area contributed by atoms with Gasteiger partial charge in [0.2, 0.25) is 5.91 Å². The first-order valence-corrected chi connectivity index (χ1v) is 12.4. The average Bonchev–Trinajstić information content (AvgIpc) is 3.63. The number of nitrogens with one attached hydrogen (secondary N) is 1. The molecule has 1 saturated heterocycles. The van der Waals surface area contributed by atoms with Gasteiger partial charge in [0, 0.05) is 22.6 Å². The standard InChI is InChI=1S/C27H25Cl3N2O/c28-20-8-6-18(7-9-20)25-17-22(12-15-32(25)24-11-10-21(29)16-23(24)30)31-26(33)27(13-14-27)19-4-2-1-3-5-19/h1-11,16,22,25H,12-15,17H2,(H,31,33). The lowest BCUT2D eigenvalue weighted by atomic mass is 9.89. The van der Waals surface area contributed by atoms with Crippen LogP contribution in [0.15, 0.2) is 72.8 Å². The monoisotopic (exact) mass is 498 g/mol. The number of amides is 1. The number of anilines is 1. The zero-order valence-corrected chi connectivity index (χ0v) is 20.4. The van der Waals surface area contributed by atoms with E-state index in [1.807, 2.05) is 42.5 Å². The first kappa shape index (κ1) is 22.6. The predicted octanol–water partition coefficient (Wildman–Crippen LogP) is 7.20. The molecule has 0 aromatic heterocycles. The molecular weight excluding hydrogens is 475 g/mol. The molecule has 2 fully saturated rings. The van der Waals surface area contributed by atoms with Gasteiger partial charge in [-0.2, -0.15) is 0 Å². The summed E-state index contributed by atoms with van der Waals surface area (Å²) in [7, 11) is 0. The molecular formula is C27H25Cl3N2O. The smallest absolute Gasteiger partial charge is 0.230 e. The zero-order chi connectivity index (χ0) is 23.0. The van der Waals surface area contributed by atoms with Gasteiger partial charge in [0.05, 0.1) is 22.2 Å². The molecule has 1 amide bonds. The summed E-state index contributed by atoms with van der Waals surface area (Å²) in [4.78, 5) is 15.7. The number of rotatable bonds is 5. The van der Waals surface area contributed by atoms with Gasteiger partial charge in [0.1, 0.15) is 0 Å². The maximum atomic E-state index is 13.3. The molecule has 2 aliphatic rings. The number of hydrogen-bond acceptors (Lipinski definition) is 2. The van der Waals surface area contributed by atoms with Crippen LogP contribution in [0, 0.1) is 0 Å². The first-order valence-electron chi connectivity index (χ1n) is 11.3. The van der Waals surface area contributed by atoms with Crippen LogP contribution in [0.5, 0.6) is 0 Å². The molecule has 5 rings (SSSR count). The van der Waals surface area contributed by atoms with Gasteiger partial charge >= 0.3 is 0 Å². The van der Waals surface area contributed by atoms with Gasteiger partial charge in [-0.1, -0.05) is 77.3 Å². The summed E-state index contributed by atoms with van der Waals surface area (Å²) in [5.74, 6) is 0.145. The van der Waals surface area contributed by atoms with Crippen molar-refractivity contribution >= 4 is 46.4 Å². The van der Waals surface area contributed by atoms with Gasteiger partial charge in [-0.3, -0.25) is 4.79 Å². The van der Waals surface area contributed by atoms with Crippen molar-refractivity contribution in [1.82, 2.24) is 5.32 Å². The molecule has 6 heteroatoms. The molecule has 1 saturated carbocycles. The van der Waals surface area contributed by atoms with E-state index in [9.17, 15) is 4.79 Å². The van der Waals surface area contributed by atoms with Gasteiger partial charge in [-0.05, 0) is 67.1 Å². The summed E-state index contributed by atoms with van der Waals surface area (Å²) in [5, 5.41) is 5.33. The highest BCUT2D eigenvalue weighted by molar-refractivity contribution is 6.36.